The molecule has 10 N–H and O–H groups in total. The van der Waals surface area contributed by atoms with Crippen LogP contribution < -0.4 is 38.1 Å². The maximum absolute atomic E-state index is 10.00. The number of nitrogens with zero attached hydrogens (tertiary/aromatic N) is 5. The van der Waals surface area contributed by atoms with Gasteiger partial charge in [-0.1, -0.05) is 30.3 Å². The molecule has 5 atom stereocenters. The Hall–Kier alpha value is -2.57. The van der Waals surface area contributed by atoms with E-state index in [1.807, 2.05) is 40.1 Å². The Morgan fingerprint density at radius 3 is 1.72 bits per heavy atom. The Morgan fingerprint density at radius 1 is 0.812 bits per heavy atom. The average molecular weight is 443 g/mol. The van der Waals surface area contributed by atoms with Gasteiger partial charge in [-0.15, -0.1) is 0 Å². The molecule has 1 aromatic carbocycles. The summed E-state index contributed by atoms with van der Waals surface area (Å²) in [5, 5.41) is 13.3. The number of benzene rings is 1. The molecule has 2 aliphatic rings. The van der Waals surface area contributed by atoms with Gasteiger partial charge < -0.3 is 43.2 Å². The molecule has 0 unspecified atom stereocenters. The molecule has 0 saturated carbocycles. The zero-order chi connectivity index (χ0) is 22.7. The van der Waals surface area contributed by atoms with E-state index in [-0.39, 0.29) is 36.8 Å². The van der Waals surface area contributed by atoms with E-state index >= 15 is 0 Å². The molecule has 3 heterocycles. The molecule has 0 amide bonds. The van der Waals surface area contributed by atoms with Gasteiger partial charge in [0.2, 0.25) is 17.8 Å². The predicted octanol–water partition coefficient (Wildman–Crippen LogP) is -1.25. The molecule has 2 saturated heterocycles. The predicted molar refractivity (Wildman–Crippen MR) is 125 cm³/mol. The third-order valence-corrected chi connectivity index (χ3v) is 5.90. The van der Waals surface area contributed by atoms with E-state index in [2.05, 4.69) is 15.3 Å². The molecule has 2 fully saturated rings. The molecular formula is C21H34N10O. The molecule has 2 aromatic rings. The highest BCUT2D eigenvalue weighted by Gasteiger charge is 2.29. The highest BCUT2D eigenvalue weighted by molar-refractivity contribution is 5.47. The fourth-order valence-corrected chi connectivity index (χ4v) is 4.46. The van der Waals surface area contributed by atoms with Crippen LogP contribution in [0.5, 0.6) is 0 Å². The van der Waals surface area contributed by atoms with Gasteiger partial charge in [-0.25, -0.2) is 0 Å². The van der Waals surface area contributed by atoms with Gasteiger partial charge in [0.05, 0.1) is 12.6 Å². The van der Waals surface area contributed by atoms with Gasteiger partial charge in [0.1, 0.15) is 0 Å². The second-order valence-electron chi connectivity index (χ2n) is 8.87. The number of rotatable bonds is 6. The van der Waals surface area contributed by atoms with Gasteiger partial charge in [0.25, 0.3) is 0 Å². The first-order valence-electron chi connectivity index (χ1n) is 11.1. The highest BCUT2D eigenvalue weighted by atomic mass is 16.3. The summed E-state index contributed by atoms with van der Waals surface area (Å²) in [6.07, 6.45) is 1.52. The minimum atomic E-state index is -0.365. The average Bonchev–Trinajstić information content (AvgIpc) is 2.76. The number of aromatic nitrogens is 3. The van der Waals surface area contributed by atoms with Crippen LogP contribution in [0.3, 0.4) is 0 Å². The molecule has 4 rings (SSSR count). The molecule has 11 heteroatoms. The molecule has 0 spiro atoms. The molecule has 174 valence electrons. The maximum atomic E-state index is 10.00. The number of aliphatic hydroxyl groups is 1. The lowest BCUT2D eigenvalue weighted by Gasteiger charge is -2.37. The third kappa shape index (κ3) is 5.43. The van der Waals surface area contributed by atoms with Crippen LogP contribution in [0, 0.1) is 0 Å². The standard InChI is InChI=1S/C21H34N10O/c22-14-6-15(23)9-30(8-14)20-27-19(26-18(12-32)13-4-2-1-3-5-13)28-21(29-20)31-10-16(24)7-17(25)11-31/h1-5,14-18,32H,6-12,22-25H2,(H,26,27,28,29)/t14-,15+,16-,17+,18-/m1/s1. The van der Waals surface area contributed by atoms with Crippen LogP contribution in [0.4, 0.5) is 17.8 Å². The summed E-state index contributed by atoms with van der Waals surface area (Å²) >= 11 is 0. The zero-order valence-corrected chi connectivity index (χ0v) is 18.2. The van der Waals surface area contributed by atoms with Crippen molar-refractivity contribution in [3.8, 4) is 0 Å². The lowest BCUT2D eigenvalue weighted by Crippen LogP contribution is -2.54. The lowest BCUT2D eigenvalue weighted by atomic mass is 10.0. The first-order chi connectivity index (χ1) is 15.4. The van der Waals surface area contributed by atoms with Crippen LogP contribution in [-0.2, 0) is 0 Å². The van der Waals surface area contributed by atoms with Crippen LogP contribution in [0.2, 0.25) is 0 Å². The quantitative estimate of drug-likeness (QED) is 0.314. The SMILES string of the molecule is N[C@@H]1C[C@H](N)CN(c2nc(N[C@H](CO)c3ccccc3)nc(N3C[C@H](N)C[C@H](N)C3)n2)C1. The summed E-state index contributed by atoms with van der Waals surface area (Å²) in [6.45, 7) is 2.32. The summed E-state index contributed by atoms with van der Waals surface area (Å²) in [4.78, 5) is 18.0. The first kappa shape index (κ1) is 22.6. The van der Waals surface area contributed by atoms with Crippen molar-refractivity contribution in [2.75, 3.05) is 47.9 Å². The van der Waals surface area contributed by atoms with E-state index in [4.69, 9.17) is 27.9 Å². The topological polar surface area (TPSA) is 181 Å². The van der Waals surface area contributed by atoms with Crippen molar-refractivity contribution in [3.05, 3.63) is 35.9 Å². The fraction of sp³-hybridized carbons (Fsp3) is 0.571. The Labute approximate surface area is 188 Å². The number of hydrogen-bond donors (Lipinski definition) is 6. The van der Waals surface area contributed by atoms with Crippen molar-refractivity contribution < 1.29 is 5.11 Å². The normalized spacial score (nSPS) is 27.3. The van der Waals surface area contributed by atoms with E-state index in [0.717, 1.165) is 18.4 Å². The van der Waals surface area contributed by atoms with Gasteiger partial charge in [-0.3, -0.25) is 0 Å². The second kappa shape index (κ2) is 9.92. The van der Waals surface area contributed by atoms with Crippen molar-refractivity contribution >= 4 is 17.8 Å². The minimum Gasteiger partial charge on any atom is -0.394 e. The Bertz CT molecular complexity index is 820. The first-order valence-corrected chi connectivity index (χ1v) is 11.1. The van der Waals surface area contributed by atoms with Crippen LogP contribution >= 0.6 is 0 Å². The fourth-order valence-electron chi connectivity index (χ4n) is 4.46. The highest BCUT2D eigenvalue weighted by Crippen LogP contribution is 2.24. The van der Waals surface area contributed by atoms with E-state index in [1.54, 1.807) is 0 Å². The van der Waals surface area contributed by atoms with Gasteiger partial charge in [-0.05, 0) is 18.4 Å². The molecule has 0 aliphatic carbocycles. The van der Waals surface area contributed by atoms with Crippen molar-refractivity contribution in [1.82, 2.24) is 15.0 Å². The molecule has 2 aliphatic heterocycles. The lowest BCUT2D eigenvalue weighted by molar-refractivity contribution is 0.276. The van der Waals surface area contributed by atoms with E-state index in [0.29, 0.717) is 44.0 Å². The molecule has 11 nitrogen and oxygen atoms in total. The van der Waals surface area contributed by atoms with Gasteiger partial charge in [0.15, 0.2) is 0 Å². The number of piperidine rings is 2. The maximum Gasteiger partial charge on any atom is 0.232 e. The van der Waals surface area contributed by atoms with Gasteiger partial charge in [0, 0.05) is 50.3 Å². The minimum absolute atomic E-state index is 0.0540. The van der Waals surface area contributed by atoms with E-state index in [1.165, 1.54) is 0 Å². The molecule has 0 bridgehead atoms. The van der Waals surface area contributed by atoms with Crippen molar-refractivity contribution in [1.29, 1.82) is 0 Å². The van der Waals surface area contributed by atoms with Crippen LogP contribution in [0.25, 0.3) is 0 Å². The monoisotopic (exact) mass is 442 g/mol. The summed E-state index contributed by atoms with van der Waals surface area (Å²) in [7, 11) is 0. The largest absolute Gasteiger partial charge is 0.394 e. The van der Waals surface area contributed by atoms with Crippen molar-refractivity contribution in [2.24, 2.45) is 22.9 Å². The third-order valence-electron chi connectivity index (χ3n) is 5.90. The summed E-state index contributed by atoms with van der Waals surface area (Å²) < 4.78 is 0. The van der Waals surface area contributed by atoms with Crippen LogP contribution in [-0.4, -0.2) is 77.0 Å². The van der Waals surface area contributed by atoms with Gasteiger partial charge in [-0.2, -0.15) is 15.0 Å². The molecular weight excluding hydrogens is 408 g/mol. The summed E-state index contributed by atoms with van der Waals surface area (Å²) in [6, 6.07) is 9.10. The Morgan fingerprint density at radius 2 is 1.28 bits per heavy atom. The number of nitrogens with one attached hydrogen (secondary N) is 1. The number of nitrogens with two attached hydrogens (primary N) is 4. The molecule has 0 radical (unpaired) electrons. The number of aliphatic hydroxyl groups excluding tert-OH is 1. The van der Waals surface area contributed by atoms with Crippen molar-refractivity contribution in [2.45, 2.75) is 43.1 Å². The van der Waals surface area contributed by atoms with Crippen molar-refractivity contribution in [3.63, 3.8) is 0 Å². The summed E-state index contributed by atoms with van der Waals surface area (Å²) in [5.41, 5.74) is 25.7. The Balaban J connectivity index is 1.66. The summed E-state index contributed by atoms with van der Waals surface area (Å²) in [5.74, 6) is 1.37. The smallest absolute Gasteiger partial charge is 0.232 e. The second-order valence-corrected chi connectivity index (χ2v) is 8.87. The number of hydrogen-bond acceptors (Lipinski definition) is 11. The molecule has 32 heavy (non-hydrogen) atoms. The Kier molecular flexibility index (Phi) is 7.01. The zero-order valence-electron chi connectivity index (χ0n) is 18.2. The van der Waals surface area contributed by atoms with E-state index in [9.17, 15) is 5.11 Å². The number of anilines is 3. The van der Waals surface area contributed by atoms with E-state index < -0.39 is 0 Å². The molecule has 1 aromatic heterocycles. The van der Waals surface area contributed by atoms with Crippen LogP contribution in [0.1, 0.15) is 24.4 Å². The van der Waals surface area contributed by atoms with Crippen LogP contribution in [0.15, 0.2) is 30.3 Å². The van der Waals surface area contributed by atoms with Gasteiger partial charge >= 0.3 is 0 Å².